The van der Waals surface area contributed by atoms with E-state index in [4.69, 9.17) is 0 Å². The Kier molecular flexibility index (Phi) is 5.71. The van der Waals surface area contributed by atoms with Gasteiger partial charge in [0, 0.05) is 5.41 Å². The SMILES string of the molecule is CCCC1(CCC)c2cc(-c3ccc(C)cc3)ccc2-c2ccc(-c3ccc(C)cc3)cc21. The Labute approximate surface area is 199 Å². The molecule has 0 N–H and O–H groups in total. The highest BCUT2D eigenvalue weighted by molar-refractivity contribution is 5.86. The largest absolute Gasteiger partial charge is 0.0653 e. The summed E-state index contributed by atoms with van der Waals surface area (Å²) in [5, 5.41) is 0. The molecule has 0 bridgehead atoms. The molecule has 4 aromatic rings. The smallest absolute Gasteiger partial charge is 0.0215 e. The molecule has 33 heavy (non-hydrogen) atoms. The van der Waals surface area contributed by atoms with Crippen LogP contribution in [0.1, 0.15) is 61.8 Å². The highest BCUT2D eigenvalue weighted by atomic mass is 14.4. The third-order valence-corrected chi connectivity index (χ3v) is 7.48. The molecule has 1 aliphatic carbocycles. The summed E-state index contributed by atoms with van der Waals surface area (Å²) in [5.74, 6) is 0. The van der Waals surface area contributed by atoms with Crippen LogP contribution in [0, 0.1) is 13.8 Å². The first kappa shape index (κ1) is 21.7. The average molecular weight is 431 g/mol. The lowest BCUT2D eigenvalue weighted by Crippen LogP contribution is -2.25. The van der Waals surface area contributed by atoms with E-state index in [-0.39, 0.29) is 5.41 Å². The lowest BCUT2D eigenvalue weighted by molar-refractivity contribution is 0.436. The molecule has 1 aliphatic rings. The van der Waals surface area contributed by atoms with E-state index in [1.165, 1.54) is 81.3 Å². The molecule has 0 saturated carbocycles. The Bertz CT molecular complexity index is 1170. The second kappa shape index (κ2) is 8.67. The van der Waals surface area contributed by atoms with Gasteiger partial charge < -0.3 is 0 Å². The van der Waals surface area contributed by atoms with Crippen LogP contribution in [0.3, 0.4) is 0 Å². The molecule has 0 heterocycles. The van der Waals surface area contributed by atoms with Crippen LogP contribution in [0.5, 0.6) is 0 Å². The first-order chi connectivity index (χ1) is 16.1. The number of hydrogen-bond acceptors (Lipinski definition) is 0. The Morgan fingerprint density at radius 2 is 0.848 bits per heavy atom. The first-order valence-corrected chi connectivity index (χ1v) is 12.5. The van der Waals surface area contributed by atoms with Crippen LogP contribution in [-0.2, 0) is 5.41 Å². The lowest BCUT2D eigenvalue weighted by Gasteiger charge is -2.32. The van der Waals surface area contributed by atoms with Crippen LogP contribution in [-0.4, -0.2) is 0 Å². The topological polar surface area (TPSA) is 0 Å². The van der Waals surface area contributed by atoms with Crippen molar-refractivity contribution in [3.63, 3.8) is 0 Å². The molecule has 166 valence electrons. The summed E-state index contributed by atoms with van der Waals surface area (Å²) in [6.07, 6.45) is 4.75. The molecule has 5 rings (SSSR count). The summed E-state index contributed by atoms with van der Waals surface area (Å²) in [6.45, 7) is 8.98. The number of hydrogen-bond donors (Lipinski definition) is 0. The van der Waals surface area contributed by atoms with Crippen LogP contribution < -0.4 is 0 Å². The number of benzene rings is 4. The monoisotopic (exact) mass is 430 g/mol. The number of fused-ring (bicyclic) bond motifs is 3. The van der Waals surface area contributed by atoms with Gasteiger partial charge in [0.2, 0.25) is 0 Å². The molecule has 0 fully saturated rings. The fraction of sp³-hybridized carbons (Fsp3) is 0.273. The predicted octanol–water partition coefficient (Wildman–Crippen LogP) is 9.50. The Morgan fingerprint density at radius 3 is 1.21 bits per heavy atom. The van der Waals surface area contributed by atoms with Crippen molar-refractivity contribution in [1.82, 2.24) is 0 Å². The summed E-state index contributed by atoms with van der Waals surface area (Å²) >= 11 is 0. The van der Waals surface area contributed by atoms with Crippen molar-refractivity contribution in [2.45, 2.75) is 58.8 Å². The number of aryl methyl sites for hydroxylation is 2. The van der Waals surface area contributed by atoms with Gasteiger partial charge in [-0.2, -0.15) is 0 Å². The molecule has 0 heteroatoms. The average Bonchev–Trinajstić information content (AvgIpc) is 3.09. The minimum atomic E-state index is 0.0928. The zero-order valence-corrected chi connectivity index (χ0v) is 20.4. The summed E-state index contributed by atoms with van der Waals surface area (Å²) in [7, 11) is 0. The minimum Gasteiger partial charge on any atom is -0.0653 e. The van der Waals surface area contributed by atoms with E-state index < -0.39 is 0 Å². The maximum absolute atomic E-state index is 2.50. The van der Waals surface area contributed by atoms with E-state index in [0.29, 0.717) is 0 Å². The predicted molar refractivity (Wildman–Crippen MR) is 143 cm³/mol. The van der Waals surface area contributed by atoms with Gasteiger partial charge in [-0.15, -0.1) is 0 Å². The molecular formula is C33H34. The van der Waals surface area contributed by atoms with E-state index in [9.17, 15) is 0 Å². The van der Waals surface area contributed by atoms with Crippen LogP contribution in [0.25, 0.3) is 33.4 Å². The maximum atomic E-state index is 2.50. The molecule has 0 nitrogen and oxygen atoms in total. The number of rotatable bonds is 6. The second-order valence-corrected chi connectivity index (χ2v) is 9.83. The fourth-order valence-corrected chi connectivity index (χ4v) is 5.86. The fourth-order valence-electron chi connectivity index (χ4n) is 5.86. The van der Waals surface area contributed by atoms with E-state index in [1.807, 2.05) is 0 Å². The molecule has 4 aromatic carbocycles. The molecule has 0 unspecified atom stereocenters. The molecule has 0 radical (unpaired) electrons. The van der Waals surface area contributed by atoms with Crippen LogP contribution in [0.2, 0.25) is 0 Å². The Morgan fingerprint density at radius 1 is 0.485 bits per heavy atom. The lowest BCUT2D eigenvalue weighted by atomic mass is 9.71. The van der Waals surface area contributed by atoms with Crippen LogP contribution >= 0.6 is 0 Å². The molecule has 0 aromatic heterocycles. The van der Waals surface area contributed by atoms with Crippen molar-refractivity contribution >= 4 is 0 Å². The van der Waals surface area contributed by atoms with Gasteiger partial charge in [-0.1, -0.05) is 111 Å². The first-order valence-electron chi connectivity index (χ1n) is 12.5. The van der Waals surface area contributed by atoms with E-state index in [2.05, 4.69) is 113 Å². The van der Waals surface area contributed by atoms with Crippen LogP contribution in [0.15, 0.2) is 84.9 Å². The van der Waals surface area contributed by atoms with Crippen molar-refractivity contribution in [2.75, 3.05) is 0 Å². The van der Waals surface area contributed by atoms with Crippen molar-refractivity contribution < 1.29 is 0 Å². The highest BCUT2D eigenvalue weighted by Crippen LogP contribution is 2.55. The summed E-state index contributed by atoms with van der Waals surface area (Å²) in [4.78, 5) is 0. The standard InChI is InChI=1S/C33H34/c1-5-19-33(20-6-2)31-21-27(25-11-7-23(3)8-12-25)15-17-29(31)30-18-16-28(22-32(30)33)26-13-9-24(4)10-14-26/h7-18,21-22H,5-6,19-20H2,1-4H3. The van der Waals surface area contributed by atoms with Crippen LogP contribution in [0.4, 0.5) is 0 Å². The van der Waals surface area contributed by atoms with E-state index in [0.717, 1.165) is 0 Å². The molecule has 0 saturated heterocycles. The Balaban J connectivity index is 1.69. The summed E-state index contributed by atoms with van der Waals surface area (Å²) < 4.78 is 0. The van der Waals surface area contributed by atoms with Crippen molar-refractivity contribution in [1.29, 1.82) is 0 Å². The quantitative estimate of drug-likeness (QED) is 0.286. The van der Waals surface area contributed by atoms with Gasteiger partial charge in [-0.25, -0.2) is 0 Å². The maximum Gasteiger partial charge on any atom is 0.0215 e. The van der Waals surface area contributed by atoms with Gasteiger partial charge in [0.1, 0.15) is 0 Å². The molecule has 0 amide bonds. The highest BCUT2D eigenvalue weighted by Gasteiger charge is 2.42. The minimum absolute atomic E-state index is 0.0928. The molecular weight excluding hydrogens is 396 g/mol. The molecule has 0 atom stereocenters. The van der Waals surface area contributed by atoms with E-state index >= 15 is 0 Å². The third kappa shape index (κ3) is 3.72. The zero-order chi connectivity index (χ0) is 23.0. The Hall–Kier alpha value is -3.12. The van der Waals surface area contributed by atoms with Gasteiger partial charge in [-0.3, -0.25) is 0 Å². The van der Waals surface area contributed by atoms with Crippen molar-refractivity contribution in [2.24, 2.45) is 0 Å². The summed E-state index contributed by atoms with van der Waals surface area (Å²) in [6, 6.07) is 32.3. The van der Waals surface area contributed by atoms with Gasteiger partial charge in [0.25, 0.3) is 0 Å². The van der Waals surface area contributed by atoms with Gasteiger partial charge >= 0.3 is 0 Å². The summed E-state index contributed by atoms with van der Waals surface area (Å²) in [5.41, 5.74) is 13.9. The molecule has 0 aliphatic heterocycles. The molecule has 0 spiro atoms. The van der Waals surface area contributed by atoms with E-state index in [1.54, 1.807) is 0 Å². The van der Waals surface area contributed by atoms with Gasteiger partial charge in [0.15, 0.2) is 0 Å². The van der Waals surface area contributed by atoms with Crippen molar-refractivity contribution in [3.8, 4) is 33.4 Å². The third-order valence-electron chi connectivity index (χ3n) is 7.48. The van der Waals surface area contributed by atoms with Gasteiger partial charge in [0.05, 0.1) is 0 Å². The van der Waals surface area contributed by atoms with Crippen molar-refractivity contribution in [3.05, 3.63) is 107 Å². The van der Waals surface area contributed by atoms with Gasteiger partial charge in [-0.05, 0) is 83.3 Å². The zero-order valence-electron chi connectivity index (χ0n) is 20.4. The second-order valence-electron chi connectivity index (χ2n) is 9.83. The normalized spacial score (nSPS) is 13.6.